The molecule has 0 nitrogen and oxygen atoms in total. The standard InChI is InChI=1S/C20H20S/c1-4-19-10-13-14-8-18(6-7-21-3)9-15(13)17(19)20(5-2,12-18)16(14)11-19/h1-2,13-17H,8-12H2,3H3. The second-order valence-electron chi connectivity index (χ2n) is 8.27. The maximum atomic E-state index is 6.16. The van der Waals surface area contributed by atoms with E-state index in [4.69, 9.17) is 12.8 Å². The Morgan fingerprint density at radius 3 is 2.52 bits per heavy atom. The van der Waals surface area contributed by atoms with Crippen LogP contribution in [0.2, 0.25) is 0 Å². The van der Waals surface area contributed by atoms with Gasteiger partial charge in [-0.05, 0) is 73.2 Å². The van der Waals surface area contributed by atoms with Crippen LogP contribution in [-0.4, -0.2) is 6.26 Å². The molecule has 0 aromatic rings. The molecule has 21 heavy (non-hydrogen) atoms. The minimum Gasteiger partial charge on any atom is -0.120 e. The lowest BCUT2D eigenvalue weighted by Gasteiger charge is -2.64. The fourth-order valence-corrected chi connectivity index (χ4v) is 8.12. The fourth-order valence-electron chi connectivity index (χ4n) is 7.80. The fraction of sp³-hybridized carbons (Fsp3) is 0.700. The quantitative estimate of drug-likeness (QED) is 0.614. The molecular weight excluding hydrogens is 272 g/mol. The zero-order valence-electron chi connectivity index (χ0n) is 12.5. The summed E-state index contributed by atoms with van der Waals surface area (Å²) in [4.78, 5) is 0. The molecule has 6 aliphatic rings. The molecule has 8 atom stereocenters. The summed E-state index contributed by atoms with van der Waals surface area (Å²) in [6.45, 7) is 0. The average Bonchev–Trinajstić information content (AvgIpc) is 2.96. The Balaban J connectivity index is 1.71. The van der Waals surface area contributed by atoms with Crippen LogP contribution in [0.1, 0.15) is 32.1 Å². The molecule has 6 rings (SSSR count). The molecule has 6 aliphatic carbocycles. The van der Waals surface area contributed by atoms with E-state index in [0.29, 0.717) is 11.8 Å². The highest BCUT2D eigenvalue weighted by molar-refractivity contribution is 8.03. The third kappa shape index (κ3) is 1.13. The van der Waals surface area contributed by atoms with E-state index in [0.717, 1.165) is 24.2 Å². The van der Waals surface area contributed by atoms with Crippen LogP contribution < -0.4 is 0 Å². The van der Waals surface area contributed by atoms with Crippen LogP contribution in [0.5, 0.6) is 0 Å². The van der Waals surface area contributed by atoms with Crippen molar-refractivity contribution >= 4 is 11.8 Å². The van der Waals surface area contributed by atoms with Gasteiger partial charge in [-0.15, -0.1) is 12.8 Å². The topological polar surface area (TPSA) is 0 Å². The Kier molecular flexibility index (Phi) is 2.09. The van der Waals surface area contributed by atoms with Gasteiger partial charge in [-0.3, -0.25) is 0 Å². The monoisotopic (exact) mass is 292 g/mol. The first kappa shape index (κ1) is 12.6. The number of thioether (sulfide) groups is 1. The molecule has 0 aromatic carbocycles. The van der Waals surface area contributed by atoms with Gasteiger partial charge in [0.25, 0.3) is 0 Å². The number of rotatable bonds is 0. The first-order valence-corrected chi connectivity index (χ1v) is 9.37. The second kappa shape index (κ2) is 3.50. The predicted octanol–water partition coefficient (Wildman–Crippen LogP) is 3.64. The van der Waals surface area contributed by atoms with Gasteiger partial charge in [0.15, 0.2) is 0 Å². The molecule has 0 saturated heterocycles. The van der Waals surface area contributed by atoms with Crippen LogP contribution in [0.15, 0.2) is 0 Å². The van der Waals surface area contributed by atoms with E-state index in [1.54, 1.807) is 11.8 Å². The van der Waals surface area contributed by atoms with Gasteiger partial charge < -0.3 is 0 Å². The molecule has 0 amide bonds. The zero-order valence-corrected chi connectivity index (χ0v) is 13.3. The average molecular weight is 292 g/mol. The van der Waals surface area contributed by atoms with Crippen molar-refractivity contribution in [3.05, 3.63) is 0 Å². The van der Waals surface area contributed by atoms with E-state index in [1.165, 1.54) is 25.7 Å². The van der Waals surface area contributed by atoms with Gasteiger partial charge >= 0.3 is 0 Å². The van der Waals surface area contributed by atoms with Gasteiger partial charge in [-0.25, -0.2) is 0 Å². The minimum absolute atomic E-state index is 0.0816. The van der Waals surface area contributed by atoms with Crippen molar-refractivity contribution in [1.29, 1.82) is 0 Å². The molecule has 8 unspecified atom stereocenters. The van der Waals surface area contributed by atoms with Gasteiger partial charge in [0.1, 0.15) is 0 Å². The highest BCUT2D eigenvalue weighted by Crippen LogP contribution is 2.85. The van der Waals surface area contributed by atoms with Crippen LogP contribution in [-0.2, 0) is 0 Å². The number of terminal acetylenes is 2. The second-order valence-corrected chi connectivity index (χ2v) is 8.88. The Morgan fingerprint density at radius 2 is 1.81 bits per heavy atom. The van der Waals surface area contributed by atoms with E-state index in [9.17, 15) is 0 Å². The largest absolute Gasteiger partial charge is 0.120 e. The lowest BCUT2D eigenvalue weighted by molar-refractivity contribution is -0.137. The van der Waals surface area contributed by atoms with Crippen molar-refractivity contribution in [1.82, 2.24) is 0 Å². The molecule has 6 fully saturated rings. The summed E-state index contributed by atoms with van der Waals surface area (Å²) in [5, 5.41) is 3.31. The molecule has 0 radical (unpaired) electrons. The van der Waals surface area contributed by atoms with Crippen LogP contribution in [0.25, 0.3) is 0 Å². The van der Waals surface area contributed by atoms with Crippen LogP contribution in [0, 0.1) is 81.7 Å². The van der Waals surface area contributed by atoms with Gasteiger partial charge in [0, 0.05) is 16.2 Å². The summed E-state index contributed by atoms with van der Waals surface area (Å²) < 4.78 is 0. The molecule has 0 aromatic heterocycles. The summed E-state index contributed by atoms with van der Waals surface area (Å²) >= 11 is 1.64. The first-order chi connectivity index (χ1) is 10.1. The van der Waals surface area contributed by atoms with Crippen molar-refractivity contribution in [2.24, 2.45) is 45.8 Å². The molecule has 0 aliphatic heterocycles. The lowest BCUT2D eigenvalue weighted by Crippen LogP contribution is -2.60. The van der Waals surface area contributed by atoms with Crippen LogP contribution in [0.4, 0.5) is 0 Å². The van der Waals surface area contributed by atoms with E-state index < -0.39 is 0 Å². The molecule has 0 spiro atoms. The Hall–Kier alpha value is -0.970. The maximum absolute atomic E-state index is 6.16. The number of hydrogen-bond donors (Lipinski definition) is 0. The third-order valence-corrected chi connectivity index (χ3v) is 8.21. The number of hydrogen-bond acceptors (Lipinski definition) is 1. The molecular formula is C20H20S. The SMILES string of the molecule is C#CC12CC3C4CC5(C#CSC)CC3C1C(C#C)(C5)C4C2. The van der Waals surface area contributed by atoms with E-state index in [1.807, 2.05) is 0 Å². The van der Waals surface area contributed by atoms with Crippen molar-refractivity contribution < 1.29 is 0 Å². The minimum atomic E-state index is 0.0816. The molecule has 7 bridgehead atoms. The normalized spacial score (nSPS) is 60.4. The van der Waals surface area contributed by atoms with Crippen molar-refractivity contribution in [2.75, 3.05) is 6.26 Å². The van der Waals surface area contributed by atoms with Crippen molar-refractivity contribution in [3.8, 4) is 35.9 Å². The zero-order chi connectivity index (χ0) is 14.5. The van der Waals surface area contributed by atoms with Crippen molar-refractivity contribution in [2.45, 2.75) is 32.1 Å². The Labute approximate surface area is 132 Å². The van der Waals surface area contributed by atoms with Crippen molar-refractivity contribution in [3.63, 3.8) is 0 Å². The molecule has 106 valence electrons. The summed E-state index contributed by atoms with van der Waals surface area (Å²) in [5.74, 6) is 13.9. The maximum Gasteiger partial charge on any atom is 0.0403 e. The highest BCUT2D eigenvalue weighted by atomic mass is 32.2. The summed E-state index contributed by atoms with van der Waals surface area (Å²) in [6, 6.07) is 0. The van der Waals surface area contributed by atoms with Gasteiger partial charge in [0.05, 0.1) is 0 Å². The highest BCUT2D eigenvalue weighted by Gasteiger charge is 2.80. The van der Waals surface area contributed by atoms with Gasteiger partial charge in [-0.1, -0.05) is 29.5 Å². The lowest BCUT2D eigenvalue weighted by atomic mass is 9.38. The smallest absolute Gasteiger partial charge is 0.0403 e. The van der Waals surface area contributed by atoms with Crippen LogP contribution >= 0.6 is 11.8 Å². The molecule has 1 heteroatoms. The Morgan fingerprint density at radius 1 is 1.00 bits per heavy atom. The van der Waals surface area contributed by atoms with E-state index in [-0.39, 0.29) is 16.2 Å². The first-order valence-electron chi connectivity index (χ1n) is 8.14. The molecule has 0 N–H and O–H groups in total. The van der Waals surface area contributed by atoms with Gasteiger partial charge in [-0.2, -0.15) is 0 Å². The predicted molar refractivity (Wildman–Crippen MR) is 86.8 cm³/mol. The summed E-state index contributed by atoms with van der Waals surface area (Å²) in [7, 11) is 0. The summed E-state index contributed by atoms with van der Waals surface area (Å²) in [6.07, 6.45) is 20.4. The molecule has 6 saturated carbocycles. The third-order valence-electron chi connectivity index (χ3n) is 7.90. The molecule has 0 heterocycles. The Bertz CT molecular complexity index is 681. The van der Waals surface area contributed by atoms with E-state index in [2.05, 4.69) is 29.3 Å². The van der Waals surface area contributed by atoms with E-state index >= 15 is 0 Å². The van der Waals surface area contributed by atoms with Gasteiger partial charge in [0.2, 0.25) is 0 Å². The summed E-state index contributed by atoms with van der Waals surface area (Å²) in [5.41, 5.74) is 0.438. The van der Waals surface area contributed by atoms with Crippen LogP contribution in [0.3, 0.4) is 0 Å².